The summed E-state index contributed by atoms with van der Waals surface area (Å²) in [5, 5.41) is 3.83. The van der Waals surface area contributed by atoms with Crippen molar-refractivity contribution in [3.8, 4) is 16.9 Å². The molecule has 1 aliphatic heterocycles. The number of nitrogens with zero attached hydrogens (tertiary/aromatic N) is 4. The van der Waals surface area contributed by atoms with Gasteiger partial charge in [-0.2, -0.15) is 13.2 Å². The van der Waals surface area contributed by atoms with E-state index in [1.54, 1.807) is 17.0 Å². The molecule has 0 N–H and O–H groups in total. The summed E-state index contributed by atoms with van der Waals surface area (Å²) in [6, 6.07) is 5.97. The zero-order valence-corrected chi connectivity index (χ0v) is 16.0. The number of carbonyl (C=O) groups excluding carboxylic acids is 1. The Hall–Kier alpha value is -2.81. The molecule has 1 aliphatic rings. The Bertz CT molecular complexity index is 1080. The van der Waals surface area contributed by atoms with E-state index in [9.17, 15) is 18.0 Å². The van der Waals surface area contributed by atoms with Gasteiger partial charge in [0.25, 0.3) is 5.95 Å². The zero-order valence-electron chi connectivity index (χ0n) is 15.3. The maximum Gasteiger partial charge on any atom is 0.387 e. The van der Waals surface area contributed by atoms with Crippen molar-refractivity contribution in [1.29, 1.82) is 0 Å². The van der Waals surface area contributed by atoms with Gasteiger partial charge < -0.3 is 9.64 Å². The predicted molar refractivity (Wildman–Crippen MR) is 100 cm³/mol. The van der Waals surface area contributed by atoms with Crippen molar-refractivity contribution in [2.24, 2.45) is 5.92 Å². The minimum atomic E-state index is -3.02. The van der Waals surface area contributed by atoms with E-state index in [1.807, 2.05) is 6.92 Å². The summed E-state index contributed by atoms with van der Waals surface area (Å²) in [4.78, 5) is 18.1. The number of pyridine rings is 1. The molecule has 3 aromatic rings. The van der Waals surface area contributed by atoms with Crippen LogP contribution in [-0.2, 0) is 11.3 Å². The number of alkyl halides is 2. The fourth-order valence-corrected chi connectivity index (χ4v) is 3.46. The molecule has 0 unspecified atom stereocenters. The molecule has 152 valence electrons. The second-order valence-corrected chi connectivity index (χ2v) is 7.37. The van der Waals surface area contributed by atoms with Crippen LogP contribution in [0, 0.1) is 11.9 Å². The molecule has 3 heterocycles. The lowest BCUT2D eigenvalue weighted by molar-refractivity contribution is -0.137. The molecule has 0 bridgehead atoms. The summed E-state index contributed by atoms with van der Waals surface area (Å²) in [5.74, 6) is -0.667. The van der Waals surface area contributed by atoms with Crippen molar-refractivity contribution >= 4 is 28.5 Å². The molecule has 0 radical (unpaired) electrons. The largest absolute Gasteiger partial charge is 0.433 e. The van der Waals surface area contributed by atoms with Gasteiger partial charge in [0.05, 0.1) is 10.5 Å². The normalized spacial score (nSPS) is 14.5. The van der Waals surface area contributed by atoms with Crippen LogP contribution < -0.4 is 4.74 Å². The minimum Gasteiger partial charge on any atom is -0.433 e. The van der Waals surface area contributed by atoms with Crippen LogP contribution in [-0.4, -0.2) is 45.3 Å². The number of likely N-dealkylation sites (tertiary alicyclic amines) is 1. The van der Waals surface area contributed by atoms with E-state index in [2.05, 4.69) is 14.8 Å². The maximum atomic E-state index is 14.2. The van der Waals surface area contributed by atoms with Gasteiger partial charge in [0, 0.05) is 24.8 Å². The van der Waals surface area contributed by atoms with E-state index in [4.69, 9.17) is 11.6 Å². The molecule has 4 rings (SSSR count). The van der Waals surface area contributed by atoms with Gasteiger partial charge in [0.2, 0.25) is 5.91 Å². The first-order valence-electron chi connectivity index (χ1n) is 8.86. The molecular formula is C19H16ClF3N4O2. The van der Waals surface area contributed by atoms with Crippen molar-refractivity contribution in [3.63, 3.8) is 0 Å². The van der Waals surface area contributed by atoms with Crippen LogP contribution in [0.25, 0.3) is 22.2 Å². The topological polar surface area (TPSA) is 60.2 Å². The summed E-state index contributed by atoms with van der Waals surface area (Å²) in [5.41, 5.74) is 1.36. The second-order valence-electron chi connectivity index (χ2n) is 6.97. The van der Waals surface area contributed by atoms with Gasteiger partial charge in [-0.1, -0.05) is 24.6 Å². The first-order chi connectivity index (χ1) is 13.8. The molecule has 0 atom stereocenters. The van der Waals surface area contributed by atoms with Crippen LogP contribution in [0.5, 0.6) is 5.75 Å². The summed E-state index contributed by atoms with van der Waals surface area (Å²) < 4.78 is 45.0. The number of fused-ring (bicyclic) bond motifs is 1. The Morgan fingerprint density at radius 3 is 2.76 bits per heavy atom. The summed E-state index contributed by atoms with van der Waals surface area (Å²) in [6.07, 6.45) is 1.39. The fraction of sp³-hybridized carbons (Fsp3) is 0.316. The van der Waals surface area contributed by atoms with Gasteiger partial charge in [0.1, 0.15) is 17.8 Å². The Morgan fingerprint density at radius 1 is 1.31 bits per heavy atom. The SMILES string of the molecule is CC1CN(C(=O)Cn2nc(F)c3ncc(-c4ccc(Cl)c(OC(F)F)c4)cc32)C1. The highest BCUT2D eigenvalue weighted by Gasteiger charge is 2.28. The van der Waals surface area contributed by atoms with Gasteiger partial charge in [-0.3, -0.25) is 9.48 Å². The van der Waals surface area contributed by atoms with Crippen LogP contribution in [0.3, 0.4) is 0 Å². The van der Waals surface area contributed by atoms with E-state index < -0.39 is 12.6 Å². The summed E-state index contributed by atoms with van der Waals surface area (Å²) in [6.45, 7) is 0.248. The number of halogens is 4. The number of hydrogen-bond acceptors (Lipinski definition) is 4. The van der Waals surface area contributed by atoms with Crippen molar-refractivity contribution in [2.75, 3.05) is 13.1 Å². The zero-order chi connectivity index (χ0) is 20.7. The summed E-state index contributed by atoms with van der Waals surface area (Å²) in [7, 11) is 0. The standard InChI is InChI=1S/C19H16ClF3N4O2/c1-10-7-26(8-10)16(28)9-27-14-4-12(6-24-17(14)18(21)25-27)11-2-3-13(20)15(5-11)29-19(22)23/h2-6,10,19H,7-9H2,1H3. The van der Waals surface area contributed by atoms with Crippen molar-refractivity contribution in [1.82, 2.24) is 19.7 Å². The Balaban J connectivity index is 1.68. The van der Waals surface area contributed by atoms with Crippen LogP contribution in [0.1, 0.15) is 6.92 Å². The number of amides is 1. The third kappa shape index (κ3) is 3.87. The fourth-order valence-electron chi connectivity index (χ4n) is 3.29. The highest BCUT2D eigenvalue weighted by molar-refractivity contribution is 6.32. The molecule has 0 saturated carbocycles. The molecular weight excluding hydrogens is 409 g/mol. The van der Waals surface area contributed by atoms with Crippen LogP contribution in [0.15, 0.2) is 30.5 Å². The lowest BCUT2D eigenvalue weighted by Gasteiger charge is -2.37. The van der Waals surface area contributed by atoms with Crippen LogP contribution in [0.4, 0.5) is 13.2 Å². The molecule has 1 aromatic carbocycles. The molecule has 1 saturated heterocycles. The number of rotatable bonds is 5. The smallest absolute Gasteiger partial charge is 0.387 e. The van der Waals surface area contributed by atoms with E-state index >= 15 is 0 Å². The Kier molecular flexibility index (Phi) is 5.08. The van der Waals surface area contributed by atoms with Gasteiger partial charge in [0.15, 0.2) is 0 Å². The monoisotopic (exact) mass is 424 g/mol. The first kappa shape index (κ1) is 19.5. The number of aromatic nitrogens is 3. The number of benzene rings is 1. The molecule has 1 amide bonds. The van der Waals surface area contributed by atoms with E-state index in [0.717, 1.165) is 0 Å². The molecule has 29 heavy (non-hydrogen) atoms. The second kappa shape index (κ2) is 7.55. The molecule has 1 fully saturated rings. The van der Waals surface area contributed by atoms with Crippen molar-refractivity contribution in [3.05, 3.63) is 41.4 Å². The number of hydrogen-bond donors (Lipinski definition) is 0. The summed E-state index contributed by atoms with van der Waals surface area (Å²) >= 11 is 5.89. The number of ether oxygens (including phenoxy) is 1. The van der Waals surface area contributed by atoms with Gasteiger partial charge in [-0.05, 0) is 29.7 Å². The maximum absolute atomic E-state index is 14.2. The third-order valence-corrected chi connectivity index (χ3v) is 5.04. The van der Waals surface area contributed by atoms with Crippen molar-refractivity contribution < 1.29 is 22.7 Å². The van der Waals surface area contributed by atoms with Crippen molar-refractivity contribution in [2.45, 2.75) is 20.1 Å². The highest BCUT2D eigenvalue weighted by Crippen LogP contribution is 2.32. The van der Waals surface area contributed by atoms with Gasteiger partial charge in [-0.15, -0.1) is 5.10 Å². The van der Waals surface area contributed by atoms with Crippen LogP contribution in [0.2, 0.25) is 5.02 Å². The Labute approximate surface area is 168 Å². The van der Waals surface area contributed by atoms with E-state index in [-0.39, 0.29) is 28.7 Å². The minimum absolute atomic E-state index is 0.0246. The van der Waals surface area contributed by atoms with Crippen LogP contribution >= 0.6 is 11.6 Å². The van der Waals surface area contributed by atoms with E-state index in [0.29, 0.717) is 35.7 Å². The molecule has 0 spiro atoms. The molecule has 0 aliphatic carbocycles. The quantitative estimate of drug-likeness (QED) is 0.622. The van der Waals surface area contributed by atoms with Gasteiger partial charge >= 0.3 is 6.61 Å². The van der Waals surface area contributed by atoms with Gasteiger partial charge in [-0.25, -0.2) is 4.98 Å². The predicted octanol–water partition coefficient (Wildman–Crippen LogP) is 3.97. The lowest BCUT2D eigenvalue weighted by atomic mass is 10.0. The Morgan fingerprint density at radius 2 is 2.07 bits per heavy atom. The highest BCUT2D eigenvalue weighted by atomic mass is 35.5. The molecule has 6 nitrogen and oxygen atoms in total. The first-order valence-corrected chi connectivity index (χ1v) is 9.24. The van der Waals surface area contributed by atoms with E-state index in [1.165, 1.54) is 23.0 Å². The number of carbonyl (C=O) groups is 1. The third-order valence-electron chi connectivity index (χ3n) is 4.73. The average molecular weight is 425 g/mol. The lowest BCUT2D eigenvalue weighted by Crippen LogP contribution is -2.49. The molecule has 2 aromatic heterocycles. The molecule has 10 heteroatoms. The average Bonchev–Trinajstić information content (AvgIpc) is 2.95.